The SMILES string of the molecule is CC1=C(C(=O)Nc2cc(C)ccc2C)[C@H](c2ccccc2F)NC(=S)N1. The minimum atomic E-state index is -0.657. The van der Waals surface area contributed by atoms with Crippen LogP contribution in [-0.2, 0) is 4.79 Å². The highest BCUT2D eigenvalue weighted by Gasteiger charge is 2.31. The second-order valence-electron chi connectivity index (χ2n) is 6.36. The molecule has 1 heterocycles. The van der Waals surface area contributed by atoms with E-state index in [-0.39, 0.29) is 11.7 Å². The van der Waals surface area contributed by atoms with Crippen LogP contribution in [0.25, 0.3) is 0 Å². The summed E-state index contributed by atoms with van der Waals surface area (Å²) in [4.78, 5) is 13.0. The molecule has 0 aromatic heterocycles. The lowest BCUT2D eigenvalue weighted by Gasteiger charge is -2.30. The predicted molar refractivity (Wildman–Crippen MR) is 105 cm³/mol. The summed E-state index contributed by atoms with van der Waals surface area (Å²) >= 11 is 5.20. The zero-order valence-electron chi connectivity index (χ0n) is 14.8. The van der Waals surface area contributed by atoms with E-state index in [1.807, 2.05) is 32.0 Å². The molecule has 1 aliphatic rings. The Bertz CT molecular complexity index is 923. The Kier molecular flexibility index (Phi) is 5.04. The van der Waals surface area contributed by atoms with E-state index < -0.39 is 6.04 Å². The number of rotatable bonds is 3. The molecule has 2 aromatic rings. The number of thiocarbonyl (C=S) groups is 1. The van der Waals surface area contributed by atoms with Gasteiger partial charge in [0.05, 0.1) is 11.6 Å². The number of hydrogen-bond acceptors (Lipinski definition) is 2. The molecule has 1 aliphatic heterocycles. The Balaban J connectivity index is 2.00. The largest absolute Gasteiger partial charge is 0.351 e. The summed E-state index contributed by atoms with van der Waals surface area (Å²) in [5.74, 6) is -0.688. The van der Waals surface area contributed by atoms with Crippen LogP contribution in [0.1, 0.15) is 29.7 Å². The third-order valence-electron chi connectivity index (χ3n) is 4.37. The Morgan fingerprint density at radius 2 is 1.88 bits per heavy atom. The molecule has 26 heavy (non-hydrogen) atoms. The van der Waals surface area contributed by atoms with Gasteiger partial charge in [0.25, 0.3) is 5.91 Å². The zero-order chi connectivity index (χ0) is 18.8. The van der Waals surface area contributed by atoms with Crippen molar-refractivity contribution in [3.8, 4) is 0 Å². The van der Waals surface area contributed by atoms with Crippen molar-refractivity contribution in [2.45, 2.75) is 26.8 Å². The Hall–Kier alpha value is -2.73. The lowest BCUT2D eigenvalue weighted by molar-refractivity contribution is -0.113. The van der Waals surface area contributed by atoms with Crippen LogP contribution in [0.4, 0.5) is 10.1 Å². The van der Waals surface area contributed by atoms with Crippen molar-refractivity contribution in [2.75, 3.05) is 5.32 Å². The van der Waals surface area contributed by atoms with Crippen molar-refractivity contribution < 1.29 is 9.18 Å². The maximum atomic E-state index is 14.4. The average Bonchev–Trinajstić information content (AvgIpc) is 2.57. The van der Waals surface area contributed by atoms with E-state index in [9.17, 15) is 9.18 Å². The third-order valence-corrected chi connectivity index (χ3v) is 4.59. The first-order chi connectivity index (χ1) is 12.4. The van der Waals surface area contributed by atoms with Crippen molar-refractivity contribution in [1.29, 1.82) is 0 Å². The Morgan fingerprint density at radius 3 is 2.62 bits per heavy atom. The molecule has 0 saturated heterocycles. The number of hydrogen-bond donors (Lipinski definition) is 3. The number of aryl methyl sites for hydroxylation is 2. The van der Waals surface area contributed by atoms with Crippen LogP contribution in [0, 0.1) is 19.7 Å². The van der Waals surface area contributed by atoms with Crippen molar-refractivity contribution >= 4 is 28.9 Å². The van der Waals surface area contributed by atoms with Gasteiger partial charge in [-0.2, -0.15) is 0 Å². The maximum absolute atomic E-state index is 14.4. The van der Waals surface area contributed by atoms with Gasteiger partial charge >= 0.3 is 0 Å². The number of allylic oxidation sites excluding steroid dienone is 1. The first-order valence-corrected chi connectivity index (χ1v) is 8.69. The second-order valence-corrected chi connectivity index (χ2v) is 6.77. The zero-order valence-corrected chi connectivity index (χ0v) is 15.6. The minimum absolute atomic E-state index is 0.299. The minimum Gasteiger partial charge on any atom is -0.351 e. The molecule has 0 unspecified atom stereocenters. The molecule has 2 aromatic carbocycles. The summed E-state index contributed by atoms with van der Waals surface area (Å²) in [7, 11) is 0. The molecule has 0 bridgehead atoms. The molecule has 0 spiro atoms. The molecular weight excluding hydrogens is 349 g/mol. The van der Waals surface area contributed by atoms with Crippen LogP contribution in [0.2, 0.25) is 0 Å². The third kappa shape index (κ3) is 3.60. The van der Waals surface area contributed by atoms with E-state index in [1.165, 1.54) is 6.07 Å². The highest BCUT2D eigenvalue weighted by Crippen LogP contribution is 2.30. The van der Waals surface area contributed by atoms with Gasteiger partial charge in [0, 0.05) is 16.9 Å². The summed E-state index contributed by atoms with van der Waals surface area (Å²) in [6.45, 7) is 5.65. The van der Waals surface area contributed by atoms with E-state index in [1.54, 1.807) is 25.1 Å². The predicted octanol–water partition coefficient (Wildman–Crippen LogP) is 3.87. The van der Waals surface area contributed by atoms with E-state index in [0.29, 0.717) is 21.9 Å². The molecule has 134 valence electrons. The molecule has 3 N–H and O–H groups in total. The molecule has 3 rings (SSSR count). The van der Waals surface area contributed by atoms with Gasteiger partial charge in [0.2, 0.25) is 0 Å². The van der Waals surface area contributed by atoms with Crippen LogP contribution >= 0.6 is 12.2 Å². The Labute approximate surface area is 157 Å². The second kappa shape index (κ2) is 7.25. The normalized spacial score (nSPS) is 16.8. The highest BCUT2D eigenvalue weighted by atomic mass is 32.1. The molecule has 0 aliphatic carbocycles. The topological polar surface area (TPSA) is 53.2 Å². The molecule has 1 amide bonds. The molecule has 0 saturated carbocycles. The van der Waals surface area contributed by atoms with Gasteiger partial charge in [-0.3, -0.25) is 4.79 Å². The first kappa shape index (κ1) is 18.1. The lowest BCUT2D eigenvalue weighted by Crippen LogP contribution is -2.46. The van der Waals surface area contributed by atoms with Gasteiger partial charge in [-0.1, -0.05) is 30.3 Å². The highest BCUT2D eigenvalue weighted by molar-refractivity contribution is 7.80. The summed E-state index contributed by atoms with van der Waals surface area (Å²) in [5, 5.41) is 9.27. The summed E-state index contributed by atoms with van der Waals surface area (Å²) in [6.07, 6.45) is 0. The Morgan fingerprint density at radius 1 is 1.15 bits per heavy atom. The van der Waals surface area contributed by atoms with Gasteiger partial charge in [-0.05, 0) is 56.2 Å². The van der Waals surface area contributed by atoms with Crippen LogP contribution < -0.4 is 16.0 Å². The molecule has 1 atom stereocenters. The van der Waals surface area contributed by atoms with Crippen molar-refractivity contribution in [1.82, 2.24) is 10.6 Å². The smallest absolute Gasteiger partial charge is 0.255 e. The van der Waals surface area contributed by atoms with Gasteiger partial charge in [0.1, 0.15) is 5.82 Å². The van der Waals surface area contributed by atoms with E-state index in [0.717, 1.165) is 16.8 Å². The fourth-order valence-corrected chi connectivity index (χ4v) is 3.27. The summed E-state index contributed by atoms with van der Waals surface area (Å²) in [5.41, 5.74) is 4.12. The van der Waals surface area contributed by atoms with Crippen molar-refractivity contribution in [3.63, 3.8) is 0 Å². The molecule has 0 fully saturated rings. The maximum Gasteiger partial charge on any atom is 0.255 e. The number of carbonyl (C=O) groups is 1. The van der Waals surface area contributed by atoms with Gasteiger partial charge < -0.3 is 16.0 Å². The van der Waals surface area contributed by atoms with Crippen LogP contribution in [0.15, 0.2) is 53.7 Å². The molecule has 4 nitrogen and oxygen atoms in total. The van der Waals surface area contributed by atoms with Crippen molar-refractivity contribution in [2.24, 2.45) is 0 Å². The summed E-state index contributed by atoms with van der Waals surface area (Å²) < 4.78 is 14.4. The summed E-state index contributed by atoms with van der Waals surface area (Å²) in [6, 6.07) is 11.6. The fourth-order valence-electron chi connectivity index (χ4n) is 3.00. The average molecular weight is 369 g/mol. The number of carbonyl (C=O) groups excluding carboxylic acids is 1. The van der Waals surface area contributed by atoms with Gasteiger partial charge in [-0.15, -0.1) is 0 Å². The first-order valence-electron chi connectivity index (χ1n) is 8.28. The van der Waals surface area contributed by atoms with E-state index in [2.05, 4.69) is 16.0 Å². The number of anilines is 1. The lowest BCUT2D eigenvalue weighted by atomic mass is 9.94. The number of halogens is 1. The molecular formula is C20H20FN3OS. The van der Waals surface area contributed by atoms with E-state index in [4.69, 9.17) is 12.2 Å². The van der Waals surface area contributed by atoms with Crippen LogP contribution in [-0.4, -0.2) is 11.0 Å². The number of amides is 1. The van der Waals surface area contributed by atoms with Crippen molar-refractivity contribution in [3.05, 3.63) is 76.2 Å². The standard InChI is InChI=1S/C20H20FN3OS/c1-11-8-9-12(2)16(10-11)23-19(25)17-13(3)22-20(26)24-18(17)14-6-4-5-7-15(14)21/h4-10,18H,1-3H3,(H,23,25)(H2,22,24,26)/t18-/m0/s1. The van der Waals surface area contributed by atoms with Crippen LogP contribution in [0.3, 0.4) is 0 Å². The quantitative estimate of drug-likeness (QED) is 0.719. The monoisotopic (exact) mass is 369 g/mol. The van der Waals surface area contributed by atoms with Gasteiger partial charge in [0.15, 0.2) is 5.11 Å². The fraction of sp³-hybridized carbons (Fsp3) is 0.200. The number of benzene rings is 2. The molecule has 0 radical (unpaired) electrons. The van der Waals surface area contributed by atoms with E-state index >= 15 is 0 Å². The van der Waals surface area contributed by atoms with Gasteiger partial charge in [-0.25, -0.2) is 4.39 Å². The number of nitrogens with one attached hydrogen (secondary N) is 3. The van der Waals surface area contributed by atoms with Crippen LogP contribution in [0.5, 0.6) is 0 Å². The molecule has 6 heteroatoms.